The largest absolute Gasteiger partial charge is 0.411 e. The molecule has 42 heavy (non-hydrogen) atoms. The highest BCUT2D eigenvalue weighted by molar-refractivity contribution is 7.91. The minimum absolute atomic E-state index is 0.0714. The third kappa shape index (κ3) is 9.45. The van der Waals surface area contributed by atoms with Crippen LogP contribution in [-0.4, -0.2) is 88.3 Å². The molecule has 244 valence electrons. The van der Waals surface area contributed by atoms with Crippen LogP contribution < -0.4 is 0 Å². The van der Waals surface area contributed by atoms with E-state index in [1.54, 1.807) is 24.3 Å². The van der Waals surface area contributed by atoms with Gasteiger partial charge in [0.15, 0.2) is 18.2 Å². The van der Waals surface area contributed by atoms with E-state index in [1.807, 2.05) is 6.07 Å². The highest BCUT2D eigenvalue weighted by Gasteiger charge is 2.50. The molecule has 0 aliphatic carbocycles. The zero-order valence-corrected chi connectivity index (χ0v) is 31.3. The van der Waals surface area contributed by atoms with Crippen molar-refractivity contribution in [2.75, 3.05) is 31.7 Å². The molecule has 1 saturated heterocycles. The van der Waals surface area contributed by atoms with Gasteiger partial charge in [-0.05, 0) is 53.3 Å². The summed E-state index contributed by atoms with van der Waals surface area (Å²) in [6, 6.07) is 11.0. The van der Waals surface area contributed by atoms with Crippen molar-refractivity contribution in [1.82, 2.24) is 4.90 Å². The molecule has 1 fully saturated rings. The maximum Gasteiger partial charge on any atom is 0.264 e. The molecule has 8 nitrogen and oxygen atoms in total. The van der Waals surface area contributed by atoms with Gasteiger partial charge in [-0.15, -0.1) is 0 Å². The molecule has 0 saturated carbocycles. The van der Waals surface area contributed by atoms with Crippen molar-refractivity contribution in [3.8, 4) is 0 Å². The lowest BCUT2D eigenvalue weighted by molar-refractivity contribution is 0.0636. The Kier molecular flexibility index (Phi) is 14.0. The Balaban J connectivity index is 2.52. The van der Waals surface area contributed by atoms with Crippen LogP contribution in [0.1, 0.15) is 68.7 Å². The van der Waals surface area contributed by atoms with Gasteiger partial charge in [-0.3, -0.25) is 9.08 Å². The first-order chi connectivity index (χ1) is 19.5. The number of benzene rings is 1. The van der Waals surface area contributed by atoms with Crippen LogP contribution in [0.2, 0.25) is 34.8 Å². The van der Waals surface area contributed by atoms with Crippen LogP contribution in [0.5, 0.6) is 0 Å². The van der Waals surface area contributed by atoms with Crippen LogP contribution in [0.15, 0.2) is 35.2 Å². The lowest BCUT2D eigenvalue weighted by atomic mass is 10.2. The van der Waals surface area contributed by atoms with E-state index in [4.69, 9.17) is 13.0 Å². The molecule has 0 amide bonds. The van der Waals surface area contributed by atoms with Gasteiger partial charge < -0.3 is 8.85 Å². The van der Waals surface area contributed by atoms with E-state index >= 15 is 0 Å². The number of nitrogens with zero attached hydrogens (tertiary/aromatic N) is 1. The second-order valence-electron chi connectivity index (χ2n) is 12.9. The molecule has 1 aliphatic heterocycles. The van der Waals surface area contributed by atoms with Gasteiger partial charge in [0.1, 0.15) is 0 Å². The van der Waals surface area contributed by atoms with E-state index < -0.39 is 42.7 Å². The molecule has 0 N–H and O–H groups in total. The molecule has 1 heterocycles. The molecular formula is C30H57NO7S2Si2. The van der Waals surface area contributed by atoms with Gasteiger partial charge in [0.2, 0.25) is 8.32 Å². The molecule has 1 aromatic carbocycles. The molecule has 0 spiro atoms. The van der Waals surface area contributed by atoms with Gasteiger partial charge in [0.25, 0.3) is 10.1 Å². The van der Waals surface area contributed by atoms with Crippen molar-refractivity contribution in [3.05, 3.63) is 30.3 Å². The van der Waals surface area contributed by atoms with Crippen molar-refractivity contribution in [3.63, 3.8) is 0 Å². The van der Waals surface area contributed by atoms with Crippen LogP contribution in [0.3, 0.4) is 0 Å². The first-order valence-corrected chi connectivity index (χ1v) is 23.8. The first kappa shape index (κ1) is 37.6. The van der Waals surface area contributed by atoms with Crippen molar-refractivity contribution >= 4 is 36.6 Å². The number of likely N-dealkylation sites (tertiary alicyclic amines) is 1. The Morgan fingerprint density at radius 3 is 1.86 bits per heavy atom. The molecule has 0 bridgehead atoms. The van der Waals surface area contributed by atoms with Gasteiger partial charge in [-0.1, -0.05) is 80.5 Å². The Morgan fingerprint density at radius 1 is 0.881 bits per heavy atom. The fourth-order valence-electron chi connectivity index (χ4n) is 7.02. The zero-order chi connectivity index (χ0) is 31.9. The molecule has 1 aromatic rings. The maximum atomic E-state index is 13.8. The molecule has 0 unspecified atom stereocenters. The quantitative estimate of drug-likeness (QED) is 0.130. The standard InChI is InChI=1S/C30H57NO7S2Si2/c1-11-41(12-2,13-3)37-27(22-36-39(10,32)33)21-31-20-19-30(38-42(24(4)5,25(6)7)26(8)9)29(31)23-40(34,35)28-17-15-14-16-18-28/h14-18,24-27,29-30H,11-13,19-23H2,1-10H3/t27-,29-,30-/m0/s1. The van der Waals surface area contributed by atoms with Gasteiger partial charge in [0, 0.05) is 19.1 Å². The Morgan fingerprint density at radius 2 is 1.40 bits per heavy atom. The van der Waals surface area contributed by atoms with Crippen LogP contribution in [0, 0.1) is 0 Å². The Bertz CT molecular complexity index is 1140. The monoisotopic (exact) mass is 663 g/mol. The van der Waals surface area contributed by atoms with Crippen LogP contribution in [-0.2, 0) is 33.0 Å². The van der Waals surface area contributed by atoms with Crippen molar-refractivity contribution in [2.45, 2.75) is 127 Å². The maximum absolute atomic E-state index is 13.8. The highest BCUT2D eigenvalue weighted by Crippen LogP contribution is 2.45. The number of sulfone groups is 1. The lowest BCUT2D eigenvalue weighted by Crippen LogP contribution is -2.54. The van der Waals surface area contributed by atoms with Crippen molar-refractivity contribution in [1.29, 1.82) is 0 Å². The lowest BCUT2D eigenvalue weighted by Gasteiger charge is -2.45. The molecular weight excluding hydrogens is 607 g/mol. The molecule has 12 heteroatoms. The Labute approximate surface area is 259 Å². The third-order valence-electron chi connectivity index (χ3n) is 9.41. The summed E-state index contributed by atoms with van der Waals surface area (Å²) in [7, 11) is -11.7. The van der Waals surface area contributed by atoms with Crippen molar-refractivity contribution in [2.24, 2.45) is 0 Å². The minimum atomic E-state index is -3.67. The molecule has 3 atom stereocenters. The summed E-state index contributed by atoms with van der Waals surface area (Å²) in [5.74, 6) is -0.0714. The smallest absolute Gasteiger partial charge is 0.264 e. The fourth-order valence-corrected chi connectivity index (χ4v) is 17.5. The predicted octanol–water partition coefficient (Wildman–Crippen LogP) is 6.46. The van der Waals surface area contributed by atoms with Crippen molar-refractivity contribution < 1.29 is 29.9 Å². The van der Waals surface area contributed by atoms with Crippen LogP contribution in [0.4, 0.5) is 0 Å². The van der Waals surface area contributed by atoms with E-state index in [0.717, 1.165) is 24.4 Å². The number of rotatable bonds is 18. The zero-order valence-electron chi connectivity index (χ0n) is 27.6. The van der Waals surface area contributed by atoms with Crippen LogP contribution in [0.25, 0.3) is 0 Å². The normalized spacial score (nSPS) is 20.2. The van der Waals surface area contributed by atoms with E-state index in [0.29, 0.717) is 41.0 Å². The molecule has 0 aromatic heterocycles. The molecule has 2 rings (SSSR count). The summed E-state index contributed by atoms with van der Waals surface area (Å²) in [4.78, 5) is 2.47. The second kappa shape index (κ2) is 15.6. The Hall–Kier alpha value is -0.606. The average molecular weight is 664 g/mol. The summed E-state index contributed by atoms with van der Waals surface area (Å²) < 4.78 is 70.8. The topological polar surface area (TPSA) is 99.2 Å². The van der Waals surface area contributed by atoms with E-state index in [-0.39, 0.29) is 24.5 Å². The van der Waals surface area contributed by atoms with Gasteiger partial charge >= 0.3 is 0 Å². The third-order valence-corrected chi connectivity index (χ3v) is 22.6. The summed E-state index contributed by atoms with van der Waals surface area (Å²) in [6.07, 6.45) is 1.03. The highest BCUT2D eigenvalue weighted by atomic mass is 32.2. The van der Waals surface area contributed by atoms with E-state index in [2.05, 4.69) is 67.2 Å². The number of hydrogen-bond acceptors (Lipinski definition) is 8. The summed E-state index contributed by atoms with van der Waals surface area (Å²) >= 11 is 0. The number of hydrogen-bond donors (Lipinski definition) is 0. The minimum Gasteiger partial charge on any atom is -0.411 e. The molecule has 1 aliphatic rings. The summed E-state index contributed by atoms with van der Waals surface area (Å²) in [5.41, 5.74) is 1.09. The van der Waals surface area contributed by atoms with Gasteiger partial charge in [-0.2, -0.15) is 8.42 Å². The average Bonchev–Trinajstić information content (AvgIpc) is 3.27. The second-order valence-corrected chi connectivity index (χ2v) is 26.7. The van der Waals surface area contributed by atoms with Gasteiger partial charge in [-0.25, -0.2) is 8.42 Å². The predicted molar refractivity (Wildman–Crippen MR) is 177 cm³/mol. The van der Waals surface area contributed by atoms with E-state index in [1.165, 1.54) is 0 Å². The summed E-state index contributed by atoms with van der Waals surface area (Å²) in [5, 5.41) is 0. The first-order valence-electron chi connectivity index (χ1n) is 15.7. The SMILES string of the molecule is CC[Si](CC)(CC)O[C@H](COS(C)(=O)=O)CN1CC[C@H](O[Si](C(C)C)(C(C)C)C(C)C)[C@@H]1CS(=O)(=O)c1ccccc1. The summed E-state index contributed by atoms with van der Waals surface area (Å²) in [6.45, 7) is 20.8. The van der Waals surface area contributed by atoms with E-state index in [9.17, 15) is 16.8 Å². The fraction of sp³-hybridized carbons (Fsp3) is 0.800. The van der Waals surface area contributed by atoms with Gasteiger partial charge in [0.05, 0.1) is 35.7 Å². The van der Waals surface area contributed by atoms with Crippen LogP contribution >= 0.6 is 0 Å². The molecule has 0 radical (unpaired) electrons.